The number of hydrogen-bond donors (Lipinski definition) is 0. The monoisotopic (exact) mass is 325 g/mol. The minimum absolute atomic E-state index is 0.0608. The fraction of sp³-hybridized carbons (Fsp3) is 0.350. The summed E-state index contributed by atoms with van der Waals surface area (Å²) in [7, 11) is 1.62. The number of morpholine rings is 1. The smallest absolute Gasteiger partial charge is 0.254 e. The molecule has 24 heavy (non-hydrogen) atoms. The Morgan fingerprint density at radius 2 is 1.92 bits per heavy atom. The van der Waals surface area contributed by atoms with Crippen LogP contribution in [-0.2, 0) is 11.2 Å². The molecule has 1 aliphatic rings. The first-order valence-corrected chi connectivity index (χ1v) is 8.35. The van der Waals surface area contributed by atoms with Gasteiger partial charge in [0.1, 0.15) is 5.75 Å². The second-order valence-electron chi connectivity index (χ2n) is 6.00. The predicted molar refractivity (Wildman–Crippen MR) is 93.4 cm³/mol. The van der Waals surface area contributed by atoms with E-state index in [1.165, 1.54) is 5.56 Å². The molecule has 1 saturated heterocycles. The maximum absolute atomic E-state index is 12.6. The van der Waals surface area contributed by atoms with Crippen molar-refractivity contribution in [3.63, 3.8) is 0 Å². The number of carbonyl (C=O) groups excluding carboxylic acids is 1. The van der Waals surface area contributed by atoms with Crippen LogP contribution in [0.15, 0.2) is 54.6 Å². The van der Waals surface area contributed by atoms with E-state index in [9.17, 15) is 4.79 Å². The lowest BCUT2D eigenvalue weighted by Gasteiger charge is -2.33. The molecular weight excluding hydrogens is 302 g/mol. The average molecular weight is 325 g/mol. The van der Waals surface area contributed by atoms with Gasteiger partial charge in [0.2, 0.25) is 0 Å². The van der Waals surface area contributed by atoms with Gasteiger partial charge in [-0.15, -0.1) is 0 Å². The lowest BCUT2D eigenvalue weighted by molar-refractivity contribution is -0.0246. The molecule has 0 bridgehead atoms. The predicted octanol–water partition coefficient (Wildman–Crippen LogP) is 3.17. The molecule has 0 aliphatic carbocycles. The zero-order valence-corrected chi connectivity index (χ0v) is 14.0. The SMILES string of the molecule is COc1ccc(C(=O)N2CCOC(CCc3ccccc3)C2)cc1. The summed E-state index contributed by atoms with van der Waals surface area (Å²) in [6.45, 7) is 1.89. The Kier molecular flexibility index (Phi) is 5.49. The number of hydrogen-bond acceptors (Lipinski definition) is 3. The molecule has 1 amide bonds. The quantitative estimate of drug-likeness (QED) is 0.847. The topological polar surface area (TPSA) is 38.8 Å². The van der Waals surface area contributed by atoms with E-state index in [4.69, 9.17) is 9.47 Å². The van der Waals surface area contributed by atoms with E-state index < -0.39 is 0 Å². The molecule has 0 aromatic heterocycles. The number of aryl methyl sites for hydroxylation is 1. The summed E-state index contributed by atoms with van der Waals surface area (Å²) in [5.74, 6) is 0.819. The Hall–Kier alpha value is -2.33. The minimum Gasteiger partial charge on any atom is -0.497 e. The molecule has 4 nitrogen and oxygen atoms in total. The van der Waals surface area contributed by atoms with Crippen molar-refractivity contribution >= 4 is 5.91 Å². The van der Waals surface area contributed by atoms with Gasteiger partial charge in [-0.25, -0.2) is 0 Å². The van der Waals surface area contributed by atoms with Gasteiger partial charge in [0, 0.05) is 18.7 Å². The Bertz CT molecular complexity index is 654. The van der Waals surface area contributed by atoms with E-state index in [0.717, 1.165) is 18.6 Å². The molecule has 2 aromatic rings. The molecule has 0 radical (unpaired) electrons. The maximum Gasteiger partial charge on any atom is 0.254 e. The highest BCUT2D eigenvalue weighted by Crippen LogP contribution is 2.17. The van der Waals surface area contributed by atoms with E-state index in [1.807, 2.05) is 35.2 Å². The van der Waals surface area contributed by atoms with Gasteiger partial charge in [0.05, 0.1) is 19.8 Å². The van der Waals surface area contributed by atoms with E-state index in [1.54, 1.807) is 7.11 Å². The second kappa shape index (κ2) is 7.97. The van der Waals surface area contributed by atoms with E-state index in [2.05, 4.69) is 24.3 Å². The van der Waals surface area contributed by atoms with Gasteiger partial charge in [-0.2, -0.15) is 0 Å². The van der Waals surface area contributed by atoms with E-state index in [-0.39, 0.29) is 12.0 Å². The molecule has 1 heterocycles. The highest BCUT2D eigenvalue weighted by atomic mass is 16.5. The summed E-state index contributed by atoms with van der Waals surface area (Å²) in [6, 6.07) is 17.7. The fourth-order valence-electron chi connectivity index (χ4n) is 2.97. The maximum atomic E-state index is 12.6. The molecule has 1 aliphatic heterocycles. The van der Waals surface area contributed by atoms with Gasteiger partial charge in [-0.1, -0.05) is 30.3 Å². The molecule has 1 fully saturated rings. The summed E-state index contributed by atoms with van der Waals surface area (Å²) in [6.07, 6.45) is 1.99. The third-order valence-corrected chi connectivity index (χ3v) is 4.36. The van der Waals surface area contributed by atoms with Crippen molar-refractivity contribution in [2.24, 2.45) is 0 Å². The first-order valence-electron chi connectivity index (χ1n) is 8.35. The molecule has 0 spiro atoms. The summed E-state index contributed by atoms with van der Waals surface area (Å²) in [4.78, 5) is 14.5. The number of rotatable bonds is 5. The molecule has 126 valence electrons. The molecule has 0 saturated carbocycles. The van der Waals surface area contributed by atoms with Gasteiger partial charge < -0.3 is 14.4 Å². The van der Waals surface area contributed by atoms with Crippen LogP contribution in [0.3, 0.4) is 0 Å². The third kappa shape index (κ3) is 4.15. The van der Waals surface area contributed by atoms with Gasteiger partial charge in [0.25, 0.3) is 5.91 Å². The zero-order chi connectivity index (χ0) is 16.8. The van der Waals surface area contributed by atoms with Crippen molar-refractivity contribution < 1.29 is 14.3 Å². The number of benzene rings is 2. The molecule has 2 aromatic carbocycles. The Morgan fingerprint density at radius 1 is 1.17 bits per heavy atom. The standard InChI is InChI=1S/C20H23NO3/c1-23-18-11-8-17(9-12-18)20(22)21-13-14-24-19(15-21)10-7-16-5-3-2-4-6-16/h2-6,8-9,11-12,19H,7,10,13-15H2,1H3. The average Bonchev–Trinajstić information content (AvgIpc) is 2.67. The van der Waals surface area contributed by atoms with Crippen molar-refractivity contribution in [3.8, 4) is 5.75 Å². The van der Waals surface area contributed by atoms with Crippen LogP contribution in [0, 0.1) is 0 Å². The number of carbonyl (C=O) groups is 1. The van der Waals surface area contributed by atoms with Gasteiger partial charge in [-0.05, 0) is 42.7 Å². The third-order valence-electron chi connectivity index (χ3n) is 4.36. The van der Waals surface area contributed by atoms with Crippen molar-refractivity contribution in [1.82, 2.24) is 4.90 Å². The summed E-state index contributed by atoms with van der Waals surface area (Å²) < 4.78 is 11.0. The van der Waals surface area contributed by atoms with Crippen LogP contribution in [0.5, 0.6) is 5.75 Å². The van der Waals surface area contributed by atoms with Crippen LogP contribution in [-0.4, -0.2) is 43.7 Å². The summed E-state index contributed by atoms with van der Waals surface area (Å²) in [5, 5.41) is 0. The van der Waals surface area contributed by atoms with Crippen LogP contribution >= 0.6 is 0 Å². The fourth-order valence-corrected chi connectivity index (χ4v) is 2.97. The first kappa shape index (κ1) is 16.5. The number of ether oxygens (including phenoxy) is 2. The van der Waals surface area contributed by atoms with Crippen LogP contribution in [0.4, 0.5) is 0 Å². The molecule has 0 N–H and O–H groups in total. The minimum atomic E-state index is 0.0608. The first-order chi connectivity index (χ1) is 11.8. The largest absolute Gasteiger partial charge is 0.497 e. The highest BCUT2D eigenvalue weighted by Gasteiger charge is 2.24. The molecular formula is C20H23NO3. The summed E-state index contributed by atoms with van der Waals surface area (Å²) >= 11 is 0. The Labute approximate surface area is 143 Å². The summed E-state index contributed by atoms with van der Waals surface area (Å²) in [5.41, 5.74) is 2.00. The Balaban J connectivity index is 1.57. The van der Waals surface area contributed by atoms with Gasteiger partial charge in [0.15, 0.2) is 0 Å². The van der Waals surface area contributed by atoms with E-state index in [0.29, 0.717) is 25.3 Å². The molecule has 1 atom stereocenters. The molecule has 4 heteroatoms. The van der Waals surface area contributed by atoms with Gasteiger partial charge >= 0.3 is 0 Å². The van der Waals surface area contributed by atoms with Crippen LogP contribution in [0.1, 0.15) is 22.3 Å². The normalized spacial score (nSPS) is 17.5. The lowest BCUT2D eigenvalue weighted by Crippen LogP contribution is -2.45. The number of amides is 1. The highest BCUT2D eigenvalue weighted by molar-refractivity contribution is 5.94. The van der Waals surface area contributed by atoms with Crippen LogP contribution in [0.2, 0.25) is 0 Å². The van der Waals surface area contributed by atoms with Crippen molar-refractivity contribution in [1.29, 1.82) is 0 Å². The van der Waals surface area contributed by atoms with E-state index >= 15 is 0 Å². The Morgan fingerprint density at radius 3 is 2.62 bits per heavy atom. The van der Waals surface area contributed by atoms with Crippen molar-refractivity contribution in [2.45, 2.75) is 18.9 Å². The van der Waals surface area contributed by atoms with Crippen molar-refractivity contribution in [3.05, 3.63) is 65.7 Å². The number of methoxy groups -OCH3 is 1. The zero-order valence-electron chi connectivity index (χ0n) is 14.0. The van der Waals surface area contributed by atoms with Crippen molar-refractivity contribution in [2.75, 3.05) is 26.8 Å². The molecule has 3 rings (SSSR count). The second-order valence-corrected chi connectivity index (χ2v) is 6.00. The lowest BCUT2D eigenvalue weighted by atomic mass is 10.1. The van der Waals surface area contributed by atoms with Gasteiger partial charge in [-0.3, -0.25) is 4.79 Å². The number of nitrogens with zero attached hydrogens (tertiary/aromatic N) is 1. The van der Waals surface area contributed by atoms with Crippen LogP contribution < -0.4 is 4.74 Å². The van der Waals surface area contributed by atoms with Crippen LogP contribution in [0.25, 0.3) is 0 Å². The molecule has 1 unspecified atom stereocenters.